The zero-order chi connectivity index (χ0) is 11.7. The number of carbonyl (C=O) groups excluding carboxylic acids is 1. The van der Waals surface area contributed by atoms with E-state index >= 15 is 0 Å². The maximum Gasteiger partial charge on any atom is 0.234 e. The van der Waals surface area contributed by atoms with E-state index in [9.17, 15) is 4.79 Å². The van der Waals surface area contributed by atoms with Crippen molar-refractivity contribution in [3.8, 4) is 0 Å². The molecule has 0 radical (unpaired) electrons. The second kappa shape index (κ2) is 4.43. The van der Waals surface area contributed by atoms with Crippen LogP contribution in [-0.4, -0.2) is 48.0 Å². The number of piperazine rings is 2. The Morgan fingerprint density at radius 3 is 2.94 bits per heavy atom. The minimum atomic E-state index is 0.136. The second-order valence-electron chi connectivity index (χ2n) is 4.63. The lowest BCUT2D eigenvalue weighted by Gasteiger charge is -2.42. The third-order valence-corrected chi connectivity index (χ3v) is 3.52. The molecule has 2 fully saturated rings. The highest BCUT2D eigenvalue weighted by Gasteiger charge is 2.32. The van der Waals surface area contributed by atoms with Crippen LogP contribution in [0.15, 0.2) is 24.5 Å². The number of hydrogen-bond acceptors (Lipinski definition) is 4. The van der Waals surface area contributed by atoms with Gasteiger partial charge >= 0.3 is 0 Å². The molecule has 1 amide bonds. The van der Waals surface area contributed by atoms with Gasteiger partial charge in [0.1, 0.15) is 0 Å². The molecule has 2 saturated heterocycles. The van der Waals surface area contributed by atoms with Crippen LogP contribution in [0.3, 0.4) is 0 Å². The molecule has 0 aliphatic carbocycles. The van der Waals surface area contributed by atoms with Crippen LogP contribution < -0.4 is 10.6 Å². The average Bonchev–Trinajstić information content (AvgIpc) is 2.39. The minimum absolute atomic E-state index is 0.136. The van der Waals surface area contributed by atoms with Gasteiger partial charge in [0.2, 0.25) is 5.91 Å². The maximum atomic E-state index is 11.4. The van der Waals surface area contributed by atoms with Crippen LogP contribution in [-0.2, 0) is 4.79 Å². The van der Waals surface area contributed by atoms with Crippen molar-refractivity contribution >= 4 is 5.91 Å². The van der Waals surface area contributed by atoms with Gasteiger partial charge in [0.05, 0.1) is 6.54 Å². The van der Waals surface area contributed by atoms with Crippen LogP contribution in [0.4, 0.5) is 0 Å². The smallest absolute Gasteiger partial charge is 0.234 e. The van der Waals surface area contributed by atoms with Gasteiger partial charge in [-0.3, -0.25) is 14.7 Å². The Labute approximate surface area is 100 Å². The summed E-state index contributed by atoms with van der Waals surface area (Å²) in [4.78, 5) is 17.7. The standard InChI is InChI=1S/C12H16N4O/c17-12-8-16-7-11(9-1-3-13-4-2-9)14-5-10(16)6-15-12/h1-4,10-11,14H,5-8H2,(H,15,17). The molecule has 2 aliphatic rings. The Bertz CT molecular complexity index is 408. The molecule has 0 bridgehead atoms. The largest absolute Gasteiger partial charge is 0.353 e. The molecule has 0 saturated carbocycles. The summed E-state index contributed by atoms with van der Waals surface area (Å²) in [5.74, 6) is 0.136. The van der Waals surface area contributed by atoms with Gasteiger partial charge in [0, 0.05) is 44.1 Å². The molecule has 2 N–H and O–H groups in total. The number of rotatable bonds is 1. The fourth-order valence-electron chi connectivity index (χ4n) is 2.54. The van der Waals surface area contributed by atoms with Crippen LogP contribution in [0.1, 0.15) is 11.6 Å². The highest BCUT2D eigenvalue weighted by molar-refractivity contribution is 5.78. The van der Waals surface area contributed by atoms with Crippen LogP contribution in [0.25, 0.3) is 0 Å². The van der Waals surface area contributed by atoms with E-state index in [4.69, 9.17) is 0 Å². The van der Waals surface area contributed by atoms with Gasteiger partial charge in [0.25, 0.3) is 0 Å². The lowest BCUT2D eigenvalue weighted by Crippen LogP contribution is -2.62. The predicted octanol–water partition coefficient (Wildman–Crippen LogP) is -0.474. The number of carbonyl (C=O) groups is 1. The second-order valence-corrected chi connectivity index (χ2v) is 4.63. The predicted molar refractivity (Wildman–Crippen MR) is 63.4 cm³/mol. The molecule has 5 heteroatoms. The van der Waals surface area contributed by atoms with E-state index in [0.717, 1.165) is 19.6 Å². The molecule has 90 valence electrons. The van der Waals surface area contributed by atoms with E-state index in [1.165, 1.54) is 5.56 Å². The van der Waals surface area contributed by atoms with E-state index < -0.39 is 0 Å². The summed E-state index contributed by atoms with van der Waals surface area (Å²) >= 11 is 0. The lowest BCUT2D eigenvalue weighted by atomic mass is 10.0. The number of nitrogens with zero attached hydrogens (tertiary/aromatic N) is 2. The van der Waals surface area contributed by atoms with E-state index in [2.05, 4.69) is 20.5 Å². The first-order valence-electron chi connectivity index (χ1n) is 5.97. The molecule has 1 aromatic heterocycles. The first-order chi connectivity index (χ1) is 8.33. The zero-order valence-electron chi connectivity index (χ0n) is 9.60. The van der Waals surface area contributed by atoms with E-state index in [1.54, 1.807) is 0 Å². The number of pyridine rings is 1. The van der Waals surface area contributed by atoms with Crippen LogP contribution in [0, 0.1) is 0 Å². The molecular formula is C12H16N4O. The lowest BCUT2D eigenvalue weighted by molar-refractivity contribution is -0.126. The summed E-state index contributed by atoms with van der Waals surface area (Å²) in [6, 6.07) is 4.80. The number of nitrogens with one attached hydrogen (secondary N) is 2. The molecule has 3 rings (SSSR count). The summed E-state index contributed by atoms with van der Waals surface area (Å²) in [6.45, 7) is 3.10. The van der Waals surface area contributed by atoms with Crippen molar-refractivity contribution in [2.24, 2.45) is 0 Å². The quantitative estimate of drug-likeness (QED) is 0.687. The molecule has 1 aromatic rings. The molecule has 17 heavy (non-hydrogen) atoms. The Kier molecular flexibility index (Phi) is 2.78. The van der Waals surface area contributed by atoms with Gasteiger partial charge in [-0.1, -0.05) is 0 Å². The summed E-state index contributed by atoms with van der Waals surface area (Å²) in [5, 5.41) is 6.43. The summed E-state index contributed by atoms with van der Waals surface area (Å²) in [5.41, 5.74) is 1.24. The van der Waals surface area contributed by atoms with Crippen molar-refractivity contribution in [3.63, 3.8) is 0 Å². The Morgan fingerprint density at radius 1 is 1.29 bits per heavy atom. The third kappa shape index (κ3) is 2.16. The maximum absolute atomic E-state index is 11.4. The van der Waals surface area contributed by atoms with E-state index in [-0.39, 0.29) is 5.91 Å². The highest BCUT2D eigenvalue weighted by atomic mass is 16.2. The summed E-state index contributed by atoms with van der Waals surface area (Å²) in [6.07, 6.45) is 3.62. The van der Waals surface area contributed by atoms with Crippen LogP contribution in [0.2, 0.25) is 0 Å². The van der Waals surface area contributed by atoms with Gasteiger partial charge in [0.15, 0.2) is 0 Å². The van der Waals surface area contributed by atoms with Gasteiger partial charge in [-0.05, 0) is 17.7 Å². The topological polar surface area (TPSA) is 57.3 Å². The highest BCUT2D eigenvalue weighted by Crippen LogP contribution is 2.20. The first kappa shape index (κ1) is 10.7. The van der Waals surface area contributed by atoms with E-state index in [0.29, 0.717) is 18.6 Å². The first-order valence-corrected chi connectivity index (χ1v) is 5.97. The van der Waals surface area contributed by atoms with Gasteiger partial charge in [-0.25, -0.2) is 0 Å². The average molecular weight is 232 g/mol. The third-order valence-electron chi connectivity index (χ3n) is 3.52. The monoisotopic (exact) mass is 232 g/mol. The Hall–Kier alpha value is -1.46. The molecule has 5 nitrogen and oxygen atoms in total. The number of aromatic nitrogens is 1. The van der Waals surface area contributed by atoms with Gasteiger partial charge < -0.3 is 10.6 Å². The van der Waals surface area contributed by atoms with Crippen molar-refractivity contribution < 1.29 is 4.79 Å². The van der Waals surface area contributed by atoms with Crippen molar-refractivity contribution in [2.75, 3.05) is 26.2 Å². The summed E-state index contributed by atoms with van der Waals surface area (Å²) < 4.78 is 0. The number of fused-ring (bicyclic) bond motifs is 1. The zero-order valence-corrected chi connectivity index (χ0v) is 9.60. The van der Waals surface area contributed by atoms with Crippen molar-refractivity contribution in [1.29, 1.82) is 0 Å². The van der Waals surface area contributed by atoms with Crippen molar-refractivity contribution in [1.82, 2.24) is 20.5 Å². The molecular weight excluding hydrogens is 216 g/mol. The Balaban J connectivity index is 1.72. The van der Waals surface area contributed by atoms with Crippen LogP contribution in [0.5, 0.6) is 0 Å². The van der Waals surface area contributed by atoms with Gasteiger partial charge in [-0.15, -0.1) is 0 Å². The molecule has 2 atom stereocenters. The molecule has 2 unspecified atom stereocenters. The fraction of sp³-hybridized carbons (Fsp3) is 0.500. The molecule has 0 spiro atoms. The van der Waals surface area contributed by atoms with Crippen molar-refractivity contribution in [3.05, 3.63) is 30.1 Å². The fourth-order valence-corrected chi connectivity index (χ4v) is 2.54. The van der Waals surface area contributed by atoms with E-state index in [1.807, 2.05) is 24.5 Å². The number of hydrogen-bond donors (Lipinski definition) is 2. The molecule has 0 aromatic carbocycles. The Morgan fingerprint density at radius 2 is 2.12 bits per heavy atom. The molecule has 2 aliphatic heterocycles. The SMILES string of the molecule is O=C1CN2CC(c3ccncc3)NCC2CN1. The van der Waals surface area contributed by atoms with Gasteiger partial charge in [-0.2, -0.15) is 0 Å². The minimum Gasteiger partial charge on any atom is -0.353 e. The molecule has 3 heterocycles. The number of amides is 1. The summed E-state index contributed by atoms with van der Waals surface area (Å²) in [7, 11) is 0. The normalized spacial score (nSPS) is 29.5. The van der Waals surface area contributed by atoms with Crippen molar-refractivity contribution in [2.45, 2.75) is 12.1 Å². The van der Waals surface area contributed by atoms with Crippen LogP contribution >= 0.6 is 0 Å².